The third kappa shape index (κ3) is 4.09. The van der Waals surface area contributed by atoms with Crippen LogP contribution in [0.4, 0.5) is 5.13 Å². The van der Waals surface area contributed by atoms with Gasteiger partial charge < -0.3 is 9.47 Å². The van der Waals surface area contributed by atoms with E-state index in [2.05, 4.69) is 15.5 Å². The summed E-state index contributed by atoms with van der Waals surface area (Å²) < 4.78 is 10.6. The summed E-state index contributed by atoms with van der Waals surface area (Å²) in [5.41, 5.74) is 0.977. The van der Waals surface area contributed by atoms with Gasteiger partial charge in [-0.15, -0.1) is 10.2 Å². The van der Waals surface area contributed by atoms with Gasteiger partial charge in [0.2, 0.25) is 11.0 Å². The van der Waals surface area contributed by atoms with E-state index in [4.69, 9.17) is 14.7 Å². The molecule has 0 aliphatic heterocycles. The van der Waals surface area contributed by atoms with Crippen molar-refractivity contribution in [3.05, 3.63) is 34.8 Å². The quantitative estimate of drug-likeness (QED) is 0.621. The largest absolute Gasteiger partial charge is 0.493 e. The summed E-state index contributed by atoms with van der Waals surface area (Å²) in [6.45, 7) is -0.0545. The maximum atomic E-state index is 12.5. The van der Waals surface area contributed by atoms with Crippen LogP contribution in [-0.2, 0) is 10.2 Å². The molecule has 166 valence electrons. The molecule has 0 spiro atoms. The Balaban J connectivity index is 1.23. The molecule has 6 rings (SSSR count). The molecule has 1 amide bonds. The zero-order valence-corrected chi connectivity index (χ0v) is 18.9. The van der Waals surface area contributed by atoms with Gasteiger partial charge in [0.1, 0.15) is 11.1 Å². The molecule has 2 aromatic rings. The Morgan fingerprint density at radius 1 is 1.22 bits per heavy atom. The van der Waals surface area contributed by atoms with Crippen LogP contribution in [0.15, 0.2) is 24.3 Å². The summed E-state index contributed by atoms with van der Waals surface area (Å²) in [5.74, 6) is 3.29. The summed E-state index contributed by atoms with van der Waals surface area (Å²) in [6, 6.07) is 7.20. The lowest BCUT2D eigenvalue weighted by Crippen LogP contribution is -2.48. The van der Waals surface area contributed by atoms with E-state index < -0.39 is 0 Å². The molecule has 4 aliphatic rings. The number of benzene rings is 1. The number of aromatic nitrogens is 2. The fraction of sp³-hybridized carbons (Fsp3) is 0.500. The van der Waals surface area contributed by atoms with Crippen LogP contribution in [0.5, 0.6) is 11.5 Å². The standard InChI is InChI=1S/C24H26N4O3S/c1-30-20-11-15(2-4-19(20)31-7-6-25)3-5-21(29)26-23-28-27-22(32-23)24-12-16-8-17(13-24)10-18(9-16)14-24/h2-5,11,16-18H,7-10,12-14H2,1H3,(H,26,28,29)/b5-3+. The van der Waals surface area contributed by atoms with E-state index in [0.717, 1.165) is 28.3 Å². The number of nitrogens with zero attached hydrogens (tertiary/aromatic N) is 3. The van der Waals surface area contributed by atoms with E-state index >= 15 is 0 Å². The number of hydrogen-bond acceptors (Lipinski definition) is 7. The summed E-state index contributed by atoms with van der Waals surface area (Å²) in [4.78, 5) is 12.5. The Labute approximate surface area is 191 Å². The minimum atomic E-state index is -0.248. The number of nitriles is 1. The van der Waals surface area contributed by atoms with Crippen molar-refractivity contribution in [2.75, 3.05) is 19.0 Å². The van der Waals surface area contributed by atoms with Gasteiger partial charge >= 0.3 is 0 Å². The molecule has 32 heavy (non-hydrogen) atoms. The topological polar surface area (TPSA) is 97.1 Å². The molecule has 4 bridgehead atoms. The van der Waals surface area contributed by atoms with Gasteiger partial charge in [-0.05, 0) is 80.1 Å². The number of carbonyl (C=O) groups excluding carboxylic acids is 1. The number of ether oxygens (including phenoxy) is 2. The number of rotatable bonds is 7. The van der Waals surface area contributed by atoms with Gasteiger partial charge in [-0.3, -0.25) is 10.1 Å². The van der Waals surface area contributed by atoms with Gasteiger partial charge in [0.25, 0.3) is 0 Å². The van der Waals surface area contributed by atoms with Crippen molar-refractivity contribution in [3.63, 3.8) is 0 Å². The summed E-state index contributed by atoms with van der Waals surface area (Å²) in [6.07, 6.45) is 11.0. The highest BCUT2D eigenvalue weighted by atomic mass is 32.1. The van der Waals surface area contributed by atoms with Gasteiger partial charge in [-0.1, -0.05) is 17.4 Å². The molecular formula is C24H26N4O3S. The molecule has 4 saturated carbocycles. The van der Waals surface area contributed by atoms with Crippen molar-refractivity contribution in [2.45, 2.75) is 43.9 Å². The highest BCUT2D eigenvalue weighted by Gasteiger charge is 2.53. The predicted octanol–water partition coefficient (Wildman–Crippen LogP) is 4.57. The summed E-state index contributed by atoms with van der Waals surface area (Å²) in [7, 11) is 1.53. The Bertz CT molecular complexity index is 1050. The molecule has 0 radical (unpaired) electrons. The first-order chi connectivity index (χ1) is 15.6. The van der Waals surface area contributed by atoms with Crippen molar-refractivity contribution in [1.29, 1.82) is 5.26 Å². The molecule has 4 fully saturated rings. The van der Waals surface area contributed by atoms with Gasteiger partial charge in [0.15, 0.2) is 18.1 Å². The number of methoxy groups -OCH3 is 1. The third-order valence-electron chi connectivity index (χ3n) is 7.05. The second-order valence-electron chi connectivity index (χ2n) is 9.29. The van der Waals surface area contributed by atoms with Crippen molar-refractivity contribution < 1.29 is 14.3 Å². The van der Waals surface area contributed by atoms with Gasteiger partial charge in [-0.25, -0.2) is 0 Å². The zero-order chi connectivity index (χ0) is 22.1. The number of anilines is 1. The van der Waals surface area contributed by atoms with Gasteiger partial charge in [-0.2, -0.15) is 5.26 Å². The fourth-order valence-corrected chi connectivity index (χ4v) is 7.16. The third-order valence-corrected chi connectivity index (χ3v) is 8.14. The van der Waals surface area contributed by atoms with Crippen molar-refractivity contribution in [1.82, 2.24) is 10.2 Å². The first-order valence-corrected chi connectivity index (χ1v) is 11.9. The molecule has 8 heteroatoms. The SMILES string of the molecule is COc1cc(/C=C/C(=O)Nc2nnc(C34CC5CC(CC(C5)C3)C4)s2)ccc1OCC#N. The monoisotopic (exact) mass is 450 g/mol. The van der Waals surface area contributed by atoms with Crippen LogP contribution < -0.4 is 14.8 Å². The van der Waals surface area contributed by atoms with Crippen LogP contribution in [0.2, 0.25) is 0 Å². The number of amides is 1. The highest BCUT2D eigenvalue weighted by molar-refractivity contribution is 7.15. The average Bonchev–Trinajstić information content (AvgIpc) is 3.25. The van der Waals surface area contributed by atoms with Crippen molar-refractivity contribution in [2.24, 2.45) is 17.8 Å². The number of hydrogen-bond donors (Lipinski definition) is 1. The lowest BCUT2D eigenvalue weighted by atomic mass is 9.50. The van der Waals surface area contributed by atoms with Crippen LogP contribution in [0, 0.1) is 29.1 Å². The minimum Gasteiger partial charge on any atom is -0.493 e. The molecule has 7 nitrogen and oxygen atoms in total. The Morgan fingerprint density at radius 3 is 2.59 bits per heavy atom. The van der Waals surface area contributed by atoms with E-state index in [1.807, 2.05) is 6.07 Å². The van der Waals surface area contributed by atoms with Crippen LogP contribution >= 0.6 is 11.3 Å². The maximum Gasteiger partial charge on any atom is 0.250 e. The van der Waals surface area contributed by atoms with E-state index in [9.17, 15) is 4.79 Å². The smallest absolute Gasteiger partial charge is 0.250 e. The minimum absolute atomic E-state index is 0.0545. The van der Waals surface area contributed by atoms with Crippen molar-refractivity contribution >= 4 is 28.5 Å². The van der Waals surface area contributed by atoms with E-state index in [1.54, 1.807) is 24.3 Å². The number of carbonyl (C=O) groups is 1. The molecule has 0 saturated heterocycles. The highest BCUT2D eigenvalue weighted by Crippen LogP contribution is 2.61. The molecular weight excluding hydrogens is 424 g/mol. The maximum absolute atomic E-state index is 12.5. The molecule has 4 aliphatic carbocycles. The van der Waals surface area contributed by atoms with Crippen LogP contribution in [0.25, 0.3) is 6.08 Å². The molecule has 1 N–H and O–H groups in total. The van der Waals surface area contributed by atoms with Crippen LogP contribution in [0.1, 0.15) is 49.1 Å². The van der Waals surface area contributed by atoms with E-state index in [1.165, 1.54) is 63.0 Å². The number of nitrogens with one attached hydrogen (secondary N) is 1. The molecule has 1 aromatic carbocycles. The normalized spacial score (nSPS) is 27.9. The van der Waals surface area contributed by atoms with Gasteiger partial charge in [0.05, 0.1) is 7.11 Å². The lowest BCUT2D eigenvalue weighted by molar-refractivity contribution is -0.111. The van der Waals surface area contributed by atoms with E-state index in [-0.39, 0.29) is 17.9 Å². The van der Waals surface area contributed by atoms with E-state index in [0.29, 0.717) is 16.6 Å². The predicted molar refractivity (Wildman–Crippen MR) is 122 cm³/mol. The summed E-state index contributed by atoms with van der Waals surface area (Å²) in [5, 5.41) is 22.0. The van der Waals surface area contributed by atoms with Crippen LogP contribution in [-0.4, -0.2) is 29.8 Å². The Morgan fingerprint density at radius 2 is 1.94 bits per heavy atom. The Kier molecular flexibility index (Phi) is 5.60. The molecule has 0 unspecified atom stereocenters. The summed E-state index contributed by atoms with van der Waals surface area (Å²) >= 11 is 1.54. The Hall–Kier alpha value is -2.92. The fourth-order valence-electron chi connectivity index (χ4n) is 6.20. The molecule has 0 atom stereocenters. The zero-order valence-electron chi connectivity index (χ0n) is 18.0. The lowest BCUT2D eigenvalue weighted by Gasteiger charge is -2.55. The molecule has 1 aromatic heterocycles. The van der Waals surface area contributed by atoms with Crippen molar-refractivity contribution in [3.8, 4) is 17.6 Å². The second kappa shape index (κ2) is 8.55. The van der Waals surface area contributed by atoms with Crippen LogP contribution in [0.3, 0.4) is 0 Å². The average molecular weight is 451 g/mol. The first-order valence-electron chi connectivity index (χ1n) is 11.1. The second-order valence-corrected chi connectivity index (χ2v) is 10.3. The van der Waals surface area contributed by atoms with Gasteiger partial charge in [0, 0.05) is 11.5 Å². The molecule has 1 heterocycles. The first kappa shape index (κ1) is 21.0.